The predicted octanol–water partition coefficient (Wildman–Crippen LogP) is 3.87. The first-order valence-electron chi connectivity index (χ1n) is 4.41. The molecule has 0 aliphatic heterocycles. The summed E-state index contributed by atoms with van der Waals surface area (Å²) in [4.78, 5) is 12.5. The fraction of sp³-hybridized carbons (Fsp3) is 0. The van der Waals surface area contributed by atoms with E-state index in [4.69, 9.17) is 28.9 Å². The van der Waals surface area contributed by atoms with Crippen LogP contribution >= 0.6 is 34.5 Å². The molecule has 1 aromatic heterocycles. The van der Waals surface area contributed by atoms with Crippen molar-refractivity contribution in [3.05, 3.63) is 50.1 Å². The SMILES string of the molecule is Nc1cc(Cl)cc(C(=O)c2sccc2Cl)c1. The Morgan fingerprint density at radius 2 is 2.00 bits per heavy atom. The van der Waals surface area contributed by atoms with Gasteiger partial charge < -0.3 is 5.73 Å². The van der Waals surface area contributed by atoms with Crippen molar-refractivity contribution in [3.8, 4) is 0 Å². The van der Waals surface area contributed by atoms with Gasteiger partial charge in [-0.1, -0.05) is 23.2 Å². The molecule has 5 heteroatoms. The Hall–Kier alpha value is -1.03. The lowest BCUT2D eigenvalue weighted by molar-refractivity contribution is 0.104. The molecule has 0 aliphatic carbocycles. The average Bonchev–Trinajstić information content (AvgIpc) is 2.62. The van der Waals surface area contributed by atoms with Crippen molar-refractivity contribution < 1.29 is 4.79 Å². The predicted molar refractivity (Wildman–Crippen MR) is 68.6 cm³/mol. The van der Waals surface area contributed by atoms with E-state index in [2.05, 4.69) is 0 Å². The molecule has 1 aromatic carbocycles. The largest absolute Gasteiger partial charge is 0.399 e. The number of hydrogen-bond donors (Lipinski definition) is 1. The van der Waals surface area contributed by atoms with Gasteiger partial charge in [0.05, 0.1) is 9.90 Å². The van der Waals surface area contributed by atoms with Crippen LogP contribution < -0.4 is 5.73 Å². The van der Waals surface area contributed by atoms with Crippen LogP contribution in [0, 0.1) is 0 Å². The number of ketones is 1. The van der Waals surface area contributed by atoms with E-state index in [-0.39, 0.29) is 5.78 Å². The zero-order valence-corrected chi connectivity index (χ0v) is 10.4. The number of rotatable bonds is 2. The molecular weight excluding hydrogens is 265 g/mol. The van der Waals surface area contributed by atoms with Crippen molar-refractivity contribution in [2.24, 2.45) is 0 Å². The van der Waals surface area contributed by atoms with E-state index >= 15 is 0 Å². The summed E-state index contributed by atoms with van der Waals surface area (Å²) in [7, 11) is 0. The Kier molecular flexibility index (Phi) is 3.19. The maximum atomic E-state index is 12.0. The number of thiophene rings is 1. The monoisotopic (exact) mass is 271 g/mol. The van der Waals surface area contributed by atoms with Gasteiger partial charge in [0.1, 0.15) is 0 Å². The minimum atomic E-state index is -0.158. The molecule has 82 valence electrons. The molecule has 0 unspecified atom stereocenters. The summed E-state index contributed by atoms with van der Waals surface area (Å²) in [5.41, 5.74) is 6.54. The van der Waals surface area contributed by atoms with E-state index in [1.165, 1.54) is 11.3 Å². The first-order chi connectivity index (χ1) is 7.58. The molecule has 2 rings (SSSR count). The van der Waals surface area contributed by atoms with Gasteiger partial charge in [-0.25, -0.2) is 0 Å². The minimum absolute atomic E-state index is 0.158. The second kappa shape index (κ2) is 4.45. The van der Waals surface area contributed by atoms with E-state index in [1.807, 2.05) is 0 Å². The van der Waals surface area contributed by atoms with Gasteiger partial charge in [0.25, 0.3) is 0 Å². The van der Waals surface area contributed by atoms with Crippen LogP contribution in [0.3, 0.4) is 0 Å². The van der Waals surface area contributed by atoms with E-state index in [9.17, 15) is 4.79 Å². The van der Waals surface area contributed by atoms with Crippen molar-refractivity contribution in [1.82, 2.24) is 0 Å². The molecule has 0 saturated carbocycles. The van der Waals surface area contributed by atoms with Crippen LogP contribution in [0.5, 0.6) is 0 Å². The molecular formula is C11H7Cl2NOS. The van der Waals surface area contributed by atoms with Gasteiger partial charge >= 0.3 is 0 Å². The smallest absolute Gasteiger partial charge is 0.204 e. The lowest BCUT2D eigenvalue weighted by Gasteiger charge is -2.02. The van der Waals surface area contributed by atoms with Gasteiger partial charge in [-0.2, -0.15) is 0 Å². The quantitative estimate of drug-likeness (QED) is 0.666. The highest BCUT2D eigenvalue weighted by Crippen LogP contribution is 2.27. The maximum absolute atomic E-state index is 12.0. The van der Waals surface area contributed by atoms with Crippen LogP contribution in [0.2, 0.25) is 10.0 Å². The molecule has 0 radical (unpaired) electrons. The summed E-state index contributed by atoms with van der Waals surface area (Å²) < 4.78 is 0. The summed E-state index contributed by atoms with van der Waals surface area (Å²) in [5.74, 6) is -0.158. The summed E-state index contributed by atoms with van der Waals surface area (Å²) in [6.45, 7) is 0. The van der Waals surface area contributed by atoms with Crippen molar-refractivity contribution in [2.45, 2.75) is 0 Å². The van der Waals surface area contributed by atoms with Crippen LogP contribution in [0.15, 0.2) is 29.6 Å². The Morgan fingerprint density at radius 1 is 1.25 bits per heavy atom. The molecule has 2 N–H and O–H groups in total. The topological polar surface area (TPSA) is 43.1 Å². The first-order valence-corrected chi connectivity index (χ1v) is 6.05. The number of carbonyl (C=O) groups is 1. The van der Waals surface area contributed by atoms with Crippen LogP contribution in [0.4, 0.5) is 5.69 Å². The van der Waals surface area contributed by atoms with Gasteiger partial charge in [0, 0.05) is 16.3 Å². The highest BCUT2D eigenvalue weighted by molar-refractivity contribution is 7.13. The summed E-state index contributed by atoms with van der Waals surface area (Å²) in [6.07, 6.45) is 0. The van der Waals surface area contributed by atoms with Gasteiger partial charge in [-0.3, -0.25) is 4.79 Å². The Morgan fingerprint density at radius 3 is 2.56 bits per heavy atom. The number of halogens is 2. The van der Waals surface area contributed by atoms with E-state index < -0.39 is 0 Å². The van der Waals surface area contributed by atoms with Crippen molar-refractivity contribution in [2.75, 3.05) is 5.73 Å². The third-order valence-corrected chi connectivity index (χ3v) is 3.56. The van der Waals surface area contributed by atoms with Crippen molar-refractivity contribution in [3.63, 3.8) is 0 Å². The van der Waals surface area contributed by atoms with Crippen LogP contribution in [-0.4, -0.2) is 5.78 Å². The molecule has 0 saturated heterocycles. The lowest BCUT2D eigenvalue weighted by atomic mass is 10.1. The summed E-state index contributed by atoms with van der Waals surface area (Å²) >= 11 is 13.0. The molecule has 0 fully saturated rings. The Bertz CT molecular complexity index is 530. The fourth-order valence-electron chi connectivity index (χ4n) is 1.33. The lowest BCUT2D eigenvalue weighted by Crippen LogP contribution is -2.00. The molecule has 2 nitrogen and oxygen atoms in total. The fourth-order valence-corrected chi connectivity index (χ4v) is 2.68. The van der Waals surface area contributed by atoms with Gasteiger partial charge in [0.15, 0.2) is 0 Å². The standard InChI is InChI=1S/C11H7Cl2NOS/c12-7-3-6(4-8(14)5-7)10(15)11-9(13)1-2-16-11/h1-5H,14H2. The number of nitrogen functional groups attached to an aromatic ring is 1. The highest BCUT2D eigenvalue weighted by atomic mass is 35.5. The van der Waals surface area contributed by atoms with E-state index in [0.29, 0.717) is 26.2 Å². The number of nitrogens with two attached hydrogens (primary N) is 1. The third-order valence-electron chi connectivity index (χ3n) is 2.01. The second-order valence-electron chi connectivity index (χ2n) is 3.20. The van der Waals surface area contributed by atoms with Crippen LogP contribution in [0.25, 0.3) is 0 Å². The first kappa shape index (κ1) is 11.5. The second-order valence-corrected chi connectivity index (χ2v) is 4.96. The molecule has 0 aliphatic rings. The van der Waals surface area contributed by atoms with Gasteiger partial charge in [-0.05, 0) is 29.6 Å². The molecule has 0 amide bonds. The highest BCUT2D eigenvalue weighted by Gasteiger charge is 2.15. The minimum Gasteiger partial charge on any atom is -0.399 e. The van der Waals surface area contributed by atoms with Gasteiger partial charge in [-0.15, -0.1) is 11.3 Å². The molecule has 2 aromatic rings. The zero-order valence-electron chi connectivity index (χ0n) is 8.04. The normalized spacial score (nSPS) is 10.4. The van der Waals surface area contributed by atoms with Crippen LogP contribution in [0.1, 0.15) is 15.2 Å². The number of carbonyl (C=O) groups excluding carboxylic acids is 1. The zero-order chi connectivity index (χ0) is 11.7. The van der Waals surface area contributed by atoms with Gasteiger partial charge in [0.2, 0.25) is 5.78 Å². The third kappa shape index (κ3) is 2.21. The number of hydrogen-bond acceptors (Lipinski definition) is 3. The summed E-state index contributed by atoms with van der Waals surface area (Å²) in [5, 5.41) is 2.66. The van der Waals surface area contributed by atoms with E-state index in [1.54, 1.807) is 29.6 Å². The van der Waals surface area contributed by atoms with Crippen molar-refractivity contribution >= 4 is 46.0 Å². The van der Waals surface area contributed by atoms with Crippen molar-refractivity contribution in [1.29, 1.82) is 0 Å². The molecule has 1 heterocycles. The van der Waals surface area contributed by atoms with Crippen LogP contribution in [-0.2, 0) is 0 Å². The Labute approximate surface area is 107 Å². The molecule has 0 spiro atoms. The Balaban J connectivity index is 2.45. The molecule has 0 bridgehead atoms. The molecule has 16 heavy (non-hydrogen) atoms. The average molecular weight is 272 g/mol. The number of benzene rings is 1. The summed E-state index contributed by atoms with van der Waals surface area (Å²) in [6, 6.07) is 6.45. The molecule has 0 atom stereocenters. The van der Waals surface area contributed by atoms with E-state index in [0.717, 1.165) is 0 Å². The number of anilines is 1. The maximum Gasteiger partial charge on any atom is 0.204 e.